The minimum Gasteiger partial charge on any atom is -0.493 e. The molecule has 4 nitrogen and oxygen atoms in total. The van der Waals surface area contributed by atoms with Crippen LogP contribution < -0.4 is 14.8 Å². The summed E-state index contributed by atoms with van der Waals surface area (Å²) in [6.45, 7) is 2.18. The summed E-state index contributed by atoms with van der Waals surface area (Å²) in [5, 5.41) is 3.22. The summed E-state index contributed by atoms with van der Waals surface area (Å²) in [5.41, 5.74) is 0.528. The Bertz CT molecular complexity index is 744. The van der Waals surface area contributed by atoms with Gasteiger partial charge in [-0.15, -0.1) is 11.8 Å². The van der Waals surface area contributed by atoms with Gasteiger partial charge in [-0.25, -0.2) is 4.39 Å². The number of hydrogen-bond donors (Lipinski definition) is 1. The molecule has 1 N–H and O–H groups in total. The number of amides is 1. The first-order valence-corrected chi connectivity index (χ1v) is 9.59. The molecule has 0 spiro atoms. The number of thioether (sulfide) groups is 1. The second-order valence-corrected chi connectivity index (χ2v) is 7.08. The van der Waals surface area contributed by atoms with Gasteiger partial charge in [0.25, 0.3) is 0 Å². The summed E-state index contributed by atoms with van der Waals surface area (Å²) in [7, 11) is 1.58. The van der Waals surface area contributed by atoms with Crippen LogP contribution in [0.3, 0.4) is 0 Å². The predicted octanol–water partition coefficient (Wildman–Crippen LogP) is 4.30. The summed E-state index contributed by atoms with van der Waals surface area (Å²) in [6.07, 6.45) is 0. The molecule has 0 aromatic heterocycles. The average molecular weight is 398 g/mol. The van der Waals surface area contributed by atoms with Crippen molar-refractivity contribution in [3.8, 4) is 11.5 Å². The van der Waals surface area contributed by atoms with Gasteiger partial charge in [0, 0.05) is 10.8 Å². The lowest BCUT2D eigenvalue weighted by molar-refractivity contribution is -0.119. The van der Waals surface area contributed by atoms with Crippen molar-refractivity contribution in [1.29, 1.82) is 0 Å². The summed E-state index contributed by atoms with van der Waals surface area (Å²) >= 11 is 7.06. The molecule has 0 saturated heterocycles. The van der Waals surface area contributed by atoms with Gasteiger partial charge >= 0.3 is 0 Å². The van der Waals surface area contributed by atoms with Gasteiger partial charge in [0.2, 0.25) is 5.91 Å². The molecule has 7 heteroatoms. The fourth-order valence-electron chi connectivity index (χ4n) is 2.20. The monoisotopic (exact) mass is 397 g/mol. The summed E-state index contributed by atoms with van der Waals surface area (Å²) in [4.78, 5) is 12.0. The van der Waals surface area contributed by atoms with Crippen molar-refractivity contribution in [2.45, 2.75) is 18.7 Å². The van der Waals surface area contributed by atoms with Crippen LogP contribution in [0, 0.1) is 5.82 Å². The second-order valence-electron chi connectivity index (χ2n) is 5.66. The smallest absolute Gasteiger partial charge is 0.230 e. The van der Waals surface area contributed by atoms with Gasteiger partial charge in [-0.1, -0.05) is 29.8 Å². The number of carbonyl (C=O) groups is 1. The molecule has 140 valence electrons. The minimum absolute atomic E-state index is 0.125. The van der Waals surface area contributed by atoms with Crippen LogP contribution in [0.2, 0.25) is 5.02 Å². The topological polar surface area (TPSA) is 47.6 Å². The average Bonchev–Trinajstić information content (AvgIpc) is 2.62. The Morgan fingerprint density at radius 3 is 2.69 bits per heavy atom. The van der Waals surface area contributed by atoms with Crippen molar-refractivity contribution in [3.05, 3.63) is 58.9 Å². The third-order valence-electron chi connectivity index (χ3n) is 3.47. The molecule has 0 aliphatic rings. The molecule has 26 heavy (non-hydrogen) atoms. The SMILES string of the molecule is COc1ccccc1OC[C@H](C)NC(=O)CSCc1ccc(Cl)cc1F. The number of nitrogens with one attached hydrogen (secondary N) is 1. The van der Waals surface area contributed by atoms with Crippen LogP contribution in [0.25, 0.3) is 0 Å². The van der Waals surface area contributed by atoms with Crippen molar-refractivity contribution in [1.82, 2.24) is 5.32 Å². The molecule has 0 aliphatic heterocycles. The van der Waals surface area contributed by atoms with Gasteiger partial charge in [-0.3, -0.25) is 4.79 Å². The molecule has 2 aromatic rings. The van der Waals surface area contributed by atoms with E-state index in [0.29, 0.717) is 34.4 Å². The van der Waals surface area contributed by atoms with Gasteiger partial charge < -0.3 is 14.8 Å². The Morgan fingerprint density at radius 2 is 2.00 bits per heavy atom. The van der Waals surface area contributed by atoms with E-state index in [1.54, 1.807) is 19.2 Å². The molecule has 1 amide bonds. The van der Waals surface area contributed by atoms with Crippen LogP contribution in [0.1, 0.15) is 12.5 Å². The summed E-state index contributed by atoms with van der Waals surface area (Å²) in [5.74, 6) is 1.43. The Hall–Kier alpha value is -1.92. The van der Waals surface area contributed by atoms with E-state index in [1.807, 2.05) is 31.2 Å². The first-order chi connectivity index (χ1) is 12.5. The van der Waals surface area contributed by atoms with Gasteiger partial charge in [0.1, 0.15) is 12.4 Å². The molecular formula is C19H21ClFNO3S. The normalized spacial score (nSPS) is 11.7. The number of hydrogen-bond acceptors (Lipinski definition) is 4. The molecular weight excluding hydrogens is 377 g/mol. The highest BCUT2D eigenvalue weighted by Crippen LogP contribution is 2.25. The number of para-hydroxylation sites is 2. The fraction of sp³-hybridized carbons (Fsp3) is 0.316. The lowest BCUT2D eigenvalue weighted by Crippen LogP contribution is -2.37. The first-order valence-electron chi connectivity index (χ1n) is 8.06. The van der Waals surface area contributed by atoms with E-state index >= 15 is 0 Å². The van der Waals surface area contributed by atoms with Crippen molar-refractivity contribution >= 4 is 29.3 Å². The zero-order valence-corrected chi connectivity index (χ0v) is 16.2. The highest BCUT2D eigenvalue weighted by molar-refractivity contribution is 7.99. The molecule has 0 radical (unpaired) electrons. The van der Waals surface area contributed by atoms with Crippen LogP contribution in [0.4, 0.5) is 4.39 Å². The second kappa shape index (κ2) is 10.3. The van der Waals surface area contributed by atoms with E-state index in [2.05, 4.69) is 5.32 Å². The Labute approximate surface area is 162 Å². The zero-order chi connectivity index (χ0) is 18.9. The number of ether oxygens (including phenoxy) is 2. The van der Waals surface area contributed by atoms with Crippen molar-refractivity contribution in [2.75, 3.05) is 19.5 Å². The Morgan fingerprint density at radius 1 is 1.27 bits per heavy atom. The van der Waals surface area contributed by atoms with E-state index in [-0.39, 0.29) is 23.5 Å². The summed E-state index contributed by atoms with van der Waals surface area (Å²) in [6, 6.07) is 11.7. The molecule has 0 heterocycles. The third-order valence-corrected chi connectivity index (χ3v) is 4.69. The van der Waals surface area contributed by atoms with Gasteiger partial charge in [-0.2, -0.15) is 0 Å². The van der Waals surface area contributed by atoms with Gasteiger partial charge in [-0.05, 0) is 36.8 Å². The maximum Gasteiger partial charge on any atom is 0.230 e. The number of rotatable bonds is 9. The summed E-state index contributed by atoms with van der Waals surface area (Å²) < 4.78 is 24.6. The molecule has 1 atom stereocenters. The lowest BCUT2D eigenvalue weighted by Gasteiger charge is -2.16. The highest BCUT2D eigenvalue weighted by atomic mass is 35.5. The van der Waals surface area contributed by atoms with Crippen LogP contribution in [-0.2, 0) is 10.5 Å². The predicted molar refractivity (Wildman–Crippen MR) is 104 cm³/mol. The number of carbonyl (C=O) groups excluding carboxylic acids is 1. The standard InChI is InChI=1S/C19H21ClFNO3S/c1-13(10-25-18-6-4-3-5-17(18)24-2)22-19(23)12-26-11-14-7-8-15(20)9-16(14)21/h3-9,13H,10-12H2,1-2H3,(H,22,23)/t13-/m0/s1. The fourth-order valence-corrected chi connectivity index (χ4v) is 3.19. The molecule has 2 rings (SSSR count). The van der Waals surface area contributed by atoms with Gasteiger partial charge in [0.15, 0.2) is 11.5 Å². The maximum atomic E-state index is 13.7. The maximum absolute atomic E-state index is 13.7. The molecule has 0 unspecified atom stereocenters. The van der Waals surface area contributed by atoms with Crippen molar-refractivity contribution in [2.24, 2.45) is 0 Å². The van der Waals surface area contributed by atoms with E-state index < -0.39 is 0 Å². The van der Waals surface area contributed by atoms with Crippen LogP contribution in [0.5, 0.6) is 11.5 Å². The van der Waals surface area contributed by atoms with E-state index in [4.69, 9.17) is 21.1 Å². The van der Waals surface area contributed by atoms with Crippen LogP contribution in [0.15, 0.2) is 42.5 Å². The van der Waals surface area contributed by atoms with E-state index in [1.165, 1.54) is 17.8 Å². The Kier molecular flexibility index (Phi) is 8.06. The number of methoxy groups -OCH3 is 1. The first kappa shape index (κ1) is 20.4. The van der Waals surface area contributed by atoms with Gasteiger partial charge in [0.05, 0.1) is 18.9 Å². The van der Waals surface area contributed by atoms with E-state index in [9.17, 15) is 9.18 Å². The molecule has 2 aromatic carbocycles. The molecule has 0 bridgehead atoms. The van der Waals surface area contributed by atoms with E-state index in [0.717, 1.165) is 0 Å². The number of benzene rings is 2. The van der Waals surface area contributed by atoms with Crippen molar-refractivity contribution in [3.63, 3.8) is 0 Å². The largest absolute Gasteiger partial charge is 0.493 e. The van der Waals surface area contributed by atoms with Crippen molar-refractivity contribution < 1.29 is 18.7 Å². The highest BCUT2D eigenvalue weighted by Gasteiger charge is 2.11. The quantitative estimate of drug-likeness (QED) is 0.685. The molecule has 0 aliphatic carbocycles. The number of halogens is 2. The Balaban J connectivity index is 1.71. The van der Waals surface area contributed by atoms with Crippen LogP contribution in [-0.4, -0.2) is 31.4 Å². The minimum atomic E-state index is -0.357. The lowest BCUT2D eigenvalue weighted by atomic mass is 10.2. The third kappa shape index (κ3) is 6.42. The molecule has 0 saturated carbocycles. The molecule has 0 fully saturated rings. The van der Waals surface area contributed by atoms with Crippen LogP contribution >= 0.6 is 23.4 Å². The zero-order valence-electron chi connectivity index (χ0n) is 14.6.